The van der Waals surface area contributed by atoms with E-state index in [1.165, 1.54) is 71.0 Å². The lowest BCUT2D eigenvalue weighted by molar-refractivity contribution is 0.0140. The molecule has 0 bridgehead atoms. The molecule has 1 saturated heterocycles. The van der Waals surface area contributed by atoms with Crippen molar-refractivity contribution in [1.82, 2.24) is 10.2 Å². The SMILES string of the molecule is CC1(C2CC2)CN(CCOC2CCCCC2)CCCN1. The third-order valence-electron chi connectivity index (χ3n) is 5.52. The Hall–Kier alpha value is -0.120. The van der Waals surface area contributed by atoms with Gasteiger partial charge in [-0.25, -0.2) is 0 Å². The van der Waals surface area contributed by atoms with Crippen molar-refractivity contribution in [3.63, 3.8) is 0 Å². The fourth-order valence-electron chi connectivity index (χ4n) is 4.04. The van der Waals surface area contributed by atoms with E-state index in [-0.39, 0.29) is 0 Å². The van der Waals surface area contributed by atoms with Gasteiger partial charge in [0.25, 0.3) is 0 Å². The van der Waals surface area contributed by atoms with E-state index in [1.807, 2.05) is 0 Å². The van der Waals surface area contributed by atoms with Crippen LogP contribution in [0.15, 0.2) is 0 Å². The molecule has 20 heavy (non-hydrogen) atoms. The van der Waals surface area contributed by atoms with Crippen molar-refractivity contribution in [2.24, 2.45) is 5.92 Å². The molecule has 1 unspecified atom stereocenters. The van der Waals surface area contributed by atoms with Crippen LogP contribution in [0.5, 0.6) is 0 Å². The predicted octanol–water partition coefficient (Wildman–Crippen LogP) is 2.80. The average Bonchev–Trinajstić information content (AvgIpc) is 3.28. The lowest BCUT2D eigenvalue weighted by Gasteiger charge is -2.34. The average molecular weight is 280 g/mol. The number of nitrogens with zero attached hydrogens (tertiary/aromatic N) is 1. The summed E-state index contributed by atoms with van der Waals surface area (Å²) in [6.45, 7) is 8.14. The maximum Gasteiger partial charge on any atom is 0.0597 e. The van der Waals surface area contributed by atoms with E-state index in [4.69, 9.17) is 4.74 Å². The summed E-state index contributed by atoms with van der Waals surface area (Å²) in [5, 5.41) is 3.81. The van der Waals surface area contributed by atoms with E-state index in [0.29, 0.717) is 11.6 Å². The standard InChI is InChI=1S/C17H32N2O/c1-17(15-8-9-15)14-19(11-5-10-18-17)12-13-20-16-6-3-2-4-7-16/h15-16,18H,2-14H2,1H3. The fourth-order valence-corrected chi connectivity index (χ4v) is 4.04. The highest BCUT2D eigenvalue weighted by Crippen LogP contribution is 2.40. The van der Waals surface area contributed by atoms with Crippen LogP contribution >= 0.6 is 0 Å². The van der Waals surface area contributed by atoms with E-state index in [1.54, 1.807) is 0 Å². The fraction of sp³-hybridized carbons (Fsp3) is 1.00. The quantitative estimate of drug-likeness (QED) is 0.838. The first-order valence-corrected chi connectivity index (χ1v) is 8.85. The van der Waals surface area contributed by atoms with Gasteiger partial charge in [-0.2, -0.15) is 0 Å². The van der Waals surface area contributed by atoms with Crippen LogP contribution in [0.2, 0.25) is 0 Å². The number of ether oxygens (including phenoxy) is 1. The van der Waals surface area contributed by atoms with Crippen LogP contribution in [-0.2, 0) is 4.74 Å². The molecule has 1 heterocycles. The van der Waals surface area contributed by atoms with Crippen LogP contribution in [0.1, 0.15) is 58.3 Å². The van der Waals surface area contributed by atoms with Crippen molar-refractivity contribution in [2.75, 3.05) is 32.8 Å². The van der Waals surface area contributed by atoms with Crippen LogP contribution in [0.25, 0.3) is 0 Å². The van der Waals surface area contributed by atoms with E-state index in [2.05, 4.69) is 17.1 Å². The van der Waals surface area contributed by atoms with Gasteiger partial charge < -0.3 is 10.1 Å². The highest BCUT2D eigenvalue weighted by atomic mass is 16.5. The molecule has 3 rings (SSSR count). The number of hydrogen-bond acceptors (Lipinski definition) is 3. The number of hydrogen-bond donors (Lipinski definition) is 1. The van der Waals surface area contributed by atoms with Gasteiger partial charge in [0.1, 0.15) is 0 Å². The van der Waals surface area contributed by atoms with Crippen molar-refractivity contribution in [3.8, 4) is 0 Å². The molecule has 3 nitrogen and oxygen atoms in total. The zero-order valence-corrected chi connectivity index (χ0v) is 13.2. The Morgan fingerprint density at radius 2 is 1.90 bits per heavy atom. The summed E-state index contributed by atoms with van der Waals surface area (Å²) in [6, 6.07) is 0. The lowest BCUT2D eigenvalue weighted by Crippen LogP contribution is -2.51. The Bertz CT molecular complexity index is 299. The van der Waals surface area contributed by atoms with Crippen molar-refractivity contribution in [2.45, 2.75) is 69.9 Å². The molecule has 0 radical (unpaired) electrons. The number of nitrogens with one attached hydrogen (secondary N) is 1. The van der Waals surface area contributed by atoms with Gasteiger partial charge >= 0.3 is 0 Å². The molecule has 0 spiro atoms. The largest absolute Gasteiger partial charge is 0.377 e. The summed E-state index contributed by atoms with van der Waals surface area (Å²) in [5.74, 6) is 0.919. The second kappa shape index (κ2) is 6.76. The normalized spacial score (nSPS) is 34.0. The van der Waals surface area contributed by atoms with Crippen LogP contribution in [-0.4, -0.2) is 49.3 Å². The molecule has 0 amide bonds. The molecule has 0 aromatic carbocycles. The predicted molar refractivity (Wildman–Crippen MR) is 83.0 cm³/mol. The van der Waals surface area contributed by atoms with Gasteiger partial charge in [-0.15, -0.1) is 0 Å². The number of rotatable bonds is 5. The zero-order chi connectivity index (χ0) is 13.8. The van der Waals surface area contributed by atoms with Crippen molar-refractivity contribution in [1.29, 1.82) is 0 Å². The summed E-state index contributed by atoms with van der Waals surface area (Å²) >= 11 is 0. The smallest absolute Gasteiger partial charge is 0.0597 e. The molecule has 0 aromatic heterocycles. The molecule has 3 aliphatic rings. The second-order valence-corrected chi connectivity index (χ2v) is 7.38. The van der Waals surface area contributed by atoms with Crippen molar-refractivity contribution >= 4 is 0 Å². The summed E-state index contributed by atoms with van der Waals surface area (Å²) < 4.78 is 6.11. The van der Waals surface area contributed by atoms with Gasteiger partial charge in [0.05, 0.1) is 12.7 Å². The van der Waals surface area contributed by atoms with Crippen molar-refractivity contribution < 1.29 is 4.74 Å². The molecule has 1 N–H and O–H groups in total. The van der Waals surface area contributed by atoms with Gasteiger partial charge in [-0.3, -0.25) is 4.90 Å². The van der Waals surface area contributed by atoms with E-state index in [0.717, 1.165) is 19.1 Å². The van der Waals surface area contributed by atoms with Gasteiger partial charge in [-0.05, 0) is 58.0 Å². The third kappa shape index (κ3) is 3.96. The minimum atomic E-state index is 0.362. The van der Waals surface area contributed by atoms with E-state index < -0.39 is 0 Å². The van der Waals surface area contributed by atoms with Crippen LogP contribution in [0.4, 0.5) is 0 Å². The summed E-state index contributed by atoms with van der Waals surface area (Å²) in [6.07, 6.45) is 11.4. The Labute approximate surface area is 124 Å². The van der Waals surface area contributed by atoms with Crippen LogP contribution < -0.4 is 5.32 Å². The molecule has 0 aromatic rings. The maximum atomic E-state index is 6.11. The second-order valence-electron chi connectivity index (χ2n) is 7.38. The van der Waals surface area contributed by atoms with E-state index >= 15 is 0 Å². The minimum Gasteiger partial charge on any atom is -0.377 e. The van der Waals surface area contributed by atoms with Crippen LogP contribution in [0.3, 0.4) is 0 Å². The molecular weight excluding hydrogens is 248 g/mol. The Morgan fingerprint density at radius 1 is 1.10 bits per heavy atom. The summed E-state index contributed by atoms with van der Waals surface area (Å²) in [7, 11) is 0. The third-order valence-corrected chi connectivity index (χ3v) is 5.52. The first kappa shape index (κ1) is 14.8. The summed E-state index contributed by atoms with van der Waals surface area (Å²) in [5.41, 5.74) is 0.362. The molecule has 2 saturated carbocycles. The Kier molecular flexibility index (Phi) is 5.00. The first-order chi connectivity index (χ1) is 9.76. The molecule has 3 fully saturated rings. The molecule has 116 valence electrons. The maximum absolute atomic E-state index is 6.11. The monoisotopic (exact) mass is 280 g/mol. The van der Waals surface area contributed by atoms with Gasteiger partial charge in [-0.1, -0.05) is 19.3 Å². The molecule has 3 heteroatoms. The minimum absolute atomic E-state index is 0.362. The Balaban J connectivity index is 1.41. The first-order valence-electron chi connectivity index (χ1n) is 8.85. The van der Waals surface area contributed by atoms with Crippen molar-refractivity contribution in [3.05, 3.63) is 0 Å². The zero-order valence-electron chi connectivity index (χ0n) is 13.2. The topological polar surface area (TPSA) is 24.5 Å². The summed E-state index contributed by atoms with van der Waals surface area (Å²) in [4.78, 5) is 2.64. The molecule has 1 atom stereocenters. The van der Waals surface area contributed by atoms with Crippen LogP contribution in [0, 0.1) is 5.92 Å². The Morgan fingerprint density at radius 3 is 2.65 bits per heavy atom. The van der Waals surface area contributed by atoms with Gasteiger partial charge in [0.2, 0.25) is 0 Å². The van der Waals surface area contributed by atoms with Gasteiger partial charge in [0, 0.05) is 18.6 Å². The molecule has 1 aliphatic heterocycles. The molecule has 2 aliphatic carbocycles. The highest BCUT2D eigenvalue weighted by Gasteiger charge is 2.42. The highest BCUT2D eigenvalue weighted by molar-refractivity contribution is 5.00. The van der Waals surface area contributed by atoms with E-state index in [9.17, 15) is 0 Å². The van der Waals surface area contributed by atoms with Gasteiger partial charge in [0.15, 0.2) is 0 Å². The lowest BCUT2D eigenvalue weighted by atomic mass is 9.95. The molecular formula is C17H32N2O.